The molecule has 0 aromatic carbocycles. The number of hydrogen-bond acceptors (Lipinski definition) is 1. The van der Waals surface area contributed by atoms with Crippen LogP contribution in [0.2, 0.25) is 0 Å². The normalized spacial score (nSPS) is 39.0. The van der Waals surface area contributed by atoms with Gasteiger partial charge in [0.15, 0.2) is 0 Å². The largest absolute Gasteiger partial charge is 0.316 e. The molecule has 0 radical (unpaired) electrons. The van der Waals surface area contributed by atoms with Crippen LogP contribution >= 0.6 is 0 Å². The topological polar surface area (TPSA) is 12.0 Å². The quantitative estimate of drug-likeness (QED) is 0.640. The number of piperidine rings is 1. The van der Waals surface area contributed by atoms with Crippen molar-refractivity contribution in [3.05, 3.63) is 0 Å². The fourth-order valence-electron chi connectivity index (χ4n) is 2.54. The number of rotatable bonds is 2. The number of hydrogen-bond donors (Lipinski definition) is 1. The minimum absolute atomic E-state index is 0.997. The number of nitrogens with one attached hydrogen (secondary N) is 1. The molecule has 0 aromatic rings. The highest BCUT2D eigenvalue weighted by atomic mass is 14.9. The molecule has 2 fully saturated rings. The van der Waals surface area contributed by atoms with Gasteiger partial charge in [0.25, 0.3) is 0 Å². The van der Waals surface area contributed by atoms with Crippen LogP contribution in [0.25, 0.3) is 0 Å². The van der Waals surface area contributed by atoms with E-state index < -0.39 is 0 Å². The molecular weight excluding hydrogens is 134 g/mol. The summed E-state index contributed by atoms with van der Waals surface area (Å²) in [7, 11) is 0. The average molecular weight is 153 g/mol. The monoisotopic (exact) mass is 153 g/mol. The van der Waals surface area contributed by atoms with Gasteiger partial charge >= 0.3 is 0 Å². The molecule has 2 atom stereocenters. The second-order valence-electron chi connectivity index (χ2n) is 4.16. The second-order valence-corrected chi connectivity index (χ2v) is 4.16. The molecule has 11 heavy (non-hydrogen) atoms. The summed E-state index contributed by atoms with van der Waals surface area (Å²) >= 11 is 0. The Morgan fingerprint density at radius 1 is 1.27 bits per heavy atom. The maximum Gasteiger partial charge on any atom is -0.00179 e. The van der Waals surface area contributed by atoms with Gasteiger partial charge in [0, 0.05) is 0 Å². The van der Waals surface area contributed by atoms with Crippen LogP contribution in [0.4, 0.5) is 0 Å². The third kappa shape index (κ3) is 1.58. The maximum atomic E-state index is 3.50. The summed E-state index contributed by atoms with van der Waals surface area (Å²) in [5.41, 5.74) is 0. The van der Waals surface area contributed by atoms with Crippen molar-refractivity contribution in [1.82, 2.24) is 5.32 Å². The molecule has 1 saturated heterocycles. The third-order valence-electron chi connectivity index (χ3n) is 3.42. The Morgan fingerprint density at radius 3 is 2.73 bits per heavy atom. The Bertz CT molecular complexity index is 129. The van der Waals surface area contributed by atoms with Crippen LogP contribution in [0.1, 0.15) is 32.6 Å². The van der Waals surface area contributed by atoms with Gasteiger partial charge in [-0.25, -0.2) is 0 Å². The van der Waals surface area contributed by atoms with Crippen molar-refractivity contribution in [2.24, 2.45) is 17.8 Å². The molecule has 1 aliphatic heterocycles. The standard InChI is InChI=1S/C10H19N/c1-2-8-7-11-6-5-10(8)9-3-4-9/h8-11H,2-7H2,1H3. The SMILES string of the molecule is CCC1CNCCC1C1CC1. The van der Waals surface area contributed by atoms with E-state index in [1.807, 2.05) is 0 Å². The van der Waals surface area contributed by atoms with Gasteiger partial charge in [-0.2, -0.15) is 0 Å². The van der Waals surface area contributed by atoms with E-state index in [0.29, 0.717) is 0 Å². The molecule has 2 unspecified atom stereocenters. The molecule has 0 bridgehead atoms. The van der Waals surface area contributed by atoms with Crippen LogP contribution in [0, 0.1) is 17.8 Å². The summed E-state index contributed by atoms with van der Waals surface area (Å²) in [6, 6.07) is 0. The van der Waals surface area contributed by atoms with Crippen molar-refractivity contribution in [2.45, 2.75) is 32.6 Å². The van der Waals surface area contributed by atoms with Crippen LogP contribution in [-0.4, -0.2) is 13.1 Å². The molecule has 2 rings (SSSR count). The molecule has 1 heteroatoms. The van der Waals surface area contributed by atoms with E-state index in [4.69, 9.17) is 0 Å². The Labute approximate surface area is 69.6 Å². The Kier molecular flexibility index (Phi) is 2.17. The fourth-order valence-corrected chi connectivity index (χ4v) is 2.54. The lowest BCUT2D eigenvalue weighted by molar-refractivity contribution is 0.220. The molecular formula is C10H19N. The molecule has 1 heterocycles. The third-order valence-corrected chi connectivity index (χ3v) is 3.42. The fraction of sp³-hybridized carbons (Fsp3) is 1.00. The van der Waals surface area contributed by atoms with Gasteiger partial charge in [-0.15, -0.1) is 0 Å². The van der Waals surface area contributed by atoms with Gasteiger partial charge < -0.3 is 5.32 Å². The van der Waals surface area contributed by atoms with Gasteiger partial charge in [-0.3, -0.25) is 0 Å². The summed E-state index contributed by atoms with van der Waals surface area (Å²) < 4.78 is 0. The molecule has 0 amide bonds. The van der Waals surface area contributed by atoms with Crippen molar-refractivity contribution >= 4 is 0 Å². The van der Waals surface area contributed by atoms with E-state index >= 15 is 0 Å². The van der Waals surface area contributed by atoms with Crippen molar-refractivity contribution in [3.63, 3.8) is 0 Å². The summed E-state index contributed by atoms with van der Waals surface area (Å²) in [6.07, 6.45) is 5.89. The average Bonchev–Trinajstić information content (AvgIpc) is 2.87. The van der Waals surface area contributed by atoms with Crippen LogP contribution in [0.3, 0.4) is 0 Å². The minimum atomic E-state index is 0.997. The zero-order valence-corrected chi connectivity index (χ0v) is 7.47. The van der Waals surface area contributed by atoms with E-state index in [2.05, 4.69) is 12.2 Å². The van der Waals surface area contributed by atoms with Gasteiger partial charge in [0.05, 0.1) is 0 Å². The highest BCUT2D eigenvalue weighted by molar-refractivity contribution is 4.88. The van der Waals surface area contributed by atoms with E-state index in [0.717, 1.165) is 17.8 Å². The van der Waals surface area contributed by atoms with Crippen molar-refractivity contribution in [2.75, 3.05) is 13.1 Å². The van der Waals surface area contributed by atoms with Gasteiger partial charge in [0.1, 0.15) is 0 Å². The van der Waals surface area contributed by atoms with Gasteiger partial charge in [-0.05, 0) is 50.1 Å². The summed E-state index contributed by atoms with van der Waals surface area (Å²) in [6.45, 7) is 4.91. The lowest BCUT2D eigenvalue weighted by Gasteiger charge is -2.31. The predicted molar refractivity (Wildman–Crippen MR) is 47.5 cm³/mol. The maximum absolute atomic E-state index is 3.50. The van der Waals surface area contributed by atoms with E-state index in [9.17, 15) is 0 Å². The summed E-state index contributed by atoms with van der Waals surface area (Å²) in [5, 5.41) is 3.50. The van der Waals surface area contributed by atoms with Crippen LogP contribution in [0.15, 0.2) is 0 Å². The zero-order valence-electron chi connectivity index (χ0n) is 7.47. The Hall–Kier alpha value is -0.0400. The highest BCUT2D eigenvalue weighted by Gasteiger charge is 2.36. The smallest absolute Gasteiger partial charge is 0.00179 e. The van der Waals surface area contributed by atoms with Gasteiger partial charge in [0.2, 0.25) is 0 Å². The second kappa shape index (κ2) is 3.14. The van der Waals surface area contributed by atoms with E-state index in [-0.39, 0.29) is 0 Å². The predicted octanol–water partition coefficient (Wildman–Crippen LogP) is 2.03. The molecule has 1 nitrogen and oxygen atoms in total. The van der Waals surface area contributed by atoms with Crippen LogP contribution in [-0.2, 0) is 0 Å². The molecule has 0 spiro atoms. The first kappa shape index (κ1) is 7.60. The molecule has 64 valence electrons. The lowest BCUT2D eigenvalue weighted by atomic mass is 9.81. The van der Waals surface area contributed by atoms with E-state index in [1.54, 1.807) is 0 Å². The first-order valence-electron chi connectivity index (χ1n) is 5.12. The molecule has 0 aromatic heterocycles. The van der Waals surface area contributed by atoms with Crippen LogP contribution < -0.4 is 5.32 Å². The Morgan fingerprint density at radius 2 is 2.09 bits per heavy atom. The van der Waals surface area contributed by atoms with Crippen LogP contribution in [0.5, 0.6) is 0 Å². The van der Waals surface area contributed by atoms with Gasteiger partial charge in [-0.1, -0.05) is 13.3 Å². The first-order valence-corrected chi connectivity index (χ1v) is 5.12. The summed E-state index contributed by atoms with van der Waals surface area (Å²) in [4.78, 5) is 0. The Balaban J connectivity index is 1.91. The lowest BCUT2D eigenvalue weighted by Crippen LogP contribution is -2.37. The molecule has 1 aliphatic carbocycles. The summed E-state index contributed by atoms with van der Waals surface area (Å²) in [5.74, 6) is 3.21. The molecule has 1 saturated carbocycles. The highest BCUT2D eigenvalue weighted by Crippen LogP contribution is 2.43. The molecule has 1 N–H and O–H groups in total. The van der Waals surface area contributed by atoms with Crippen molar-refractivity contribution in [1.29, 1.82) is 0 Å². The van der Waals surface area contributed by atoms with Crippen molar-refractivity contribution in [3.8, 4) is 0 Å². The van der Waals surface area contributed by atoms with E-state index in [1.165, 1.54) is 38.8 Å². The van der Waals surface area contributed by atoms with Crippen molar-refractivity contribution < 1.29 is 0 Å². The zero-order chi connectivity index (χ0) is 7.68. The minimum Gasteiger partial charge on any atom is -0.316 e. The molecule has 2 aliphatic rings. The first-order chi connectivity index (χ1) is 5.42.